The van der Waals surface area contributed by atoms with Crippen LogP contribution >= 0.6 is 0 Å². The molecule has 0 aliphatic carbocycles. The molecular weight excluding hydrogens is 659 g/mol. The maximum Gasteiger partial charge on any atom is 0.407 e. The Hall–Kier alpha value is -5.05. The molecule has 2 amide bonds. The van der Waals surface area contributed by atoms with Gasteiger partial charge in [0, 0.05) is 14.6 Å². The Morgan fingerprint density at radius 2 is 1.88 bits per heavy atom. The van der Waals surface area contributed by atoms with Crippen molar-refractivity contribution in [1.82, 2.24) is 35.3 Å². The van der Waals surface area contributed by atoms with Crippen molar-refractivity contribution in [1.29, 1.82) is 0 Å². The van der Waals surface area contributed by atoms with Gasteiger partial charge in [0.05, 0.1) is 24.1 Å². The first-order valence-electron chi connectivity index (χ1n) is 17.0. The lowest BCUT2D eigenvalue weighted by Gasteiger charge is -2.30. The quantitative estimate of drug-likeness (QED) is 0.104. The first-order chi connectivity index (χ1) is 23.9. The number of unbranched alkanes of at least 4 members (excludes halogenated alkanes) is 1. The van der Waals surface area contributed by atoms with Crippen molar-refractivity contribution < 1.29 is 28.7 Å². The molecule has 5 rings (SSSR count). The van der Waals surface area contributed by atoms with Crippen molar-refractivity contribution in [3.63, 3.8) is 0 Å². The number of esters is 1. The van der Waals surface area contributed by atoms with Crippen LogP contribution in [0.5, 0.6) is 6.01 Å². The van der Waals surface area contributed by atoms with Crippen LogP contribution in [0.3, 0.4) is 0 Å². The van der Waals surface area contributed by atoms with Gasteiger partial charge in [-0.1, -0.05) is 68.7 Å². The summed E-state index contributed by atoms with van der Waals surface area (Å²) in [6.45, 7) is 11.3. The van der Waals surface area contributed by atoms with Crippen LogP contribution in [0.25, 0.3) is 28.0 Å². The number of carbonyl (C=O) groups excluding carboxylic acids is 3. The monoisotopic (exact) mass is 703 g/mol. The summed E-state index contributed by atoms with van der Waals surface area (Å²) in [6.07, 6.45) is 5.53. The van der Waals surface area contributed by atoms with Crippen LogP contribution in [-0.2, 0) is 19.1 Å². The molecule has 1 fully saturated rings. The second kappa shape index (κ2) is 16.1. The molecule has 4 aromatic rings. The number of hydrogen-bond donors (Lipinski definition) is 2. The van der Waals surface area contributed by atoms with E-state index in [1.807, 2.05) is 44.2 Å². The molecule has 14 nitrogen and oxygen atoms in total. The van der Waals surface area contributed by atoms with Crippen LogP contribution < -0.4 is 15.7 Å². The van der Waals surface area contributed by atoms with E-state index in [0.29, 0.717) is 60.8 Å². The Morgan fingerprint density at radius 1 is 1.08 bits per heavy atom. The highest BCUT2D eigenvalue weighted by molar-refractivity contribution is 6.76. The molecule has 1 unspecified atom stereocenters. The SMILES string of the molecule is CC(C)C(NC(=O)OCCC/C=C/c1ccc2nc(On3nnc4ccccc43)[nH]c(=O)c2c1)C(=O)N1CCC[C@H]1C(=O)OCC[Si](C)(C)C. The second-order valence-electron chi connectivity index (χ2n) is 13.9. The van der Waals surface area contributed by atoms with Gasteiger partial charge in [0.2, 0.25) is 5.91 Å². The molecule has 0 spiro atoms. The predicted octanol–water partition coefficient (Wildman–Crippen LogP) is 4.93. The van der Waals surface area contributed by atoms with Gasteiger partial charge in [-0.3, -0.25) is 14.6 Å². The van der Waals surface area contributed by atoms with Gasteiger partial charge in [-0.15, -0.1) is 5.10 Å². The number of likely N-dealkylation sites (tertiary alicyclic amines) is 1. The Bertz CT molecular complexity index is 1920. The van der Waals surface area contributed by atoms with Crippen LogP contribution in [-0.4, -0.2) is 87.9 Å². The number of ether oxygens (including phenoxy) is 2. The summed E-state index contributed by atoms with van der Waals surface area (Å²) in [7, 11) is -1.36. The van der Waals surface area contributed by atoms with Gasteiger partial charge in [-0.2, -0.15) is 4.98 Å². The van der Waals surface area contributed by atoms with Gasteiger partial charge in [0.15, 0.2) is 0 Å². The number of nitrogens with zero attached hydrogens (tertiary/aromatic N) is 5. The van der Waals surface area contributed by atoms with Crippen LogP contribution in [0.2, 0.25) is 25.7 Å². The van der Waals surface area contributed by atoms with Crippen molar-refractivity contribution in [3.05, 3.63) is 64.5 Å². The van der Waals surface area contributed by atoms with Gasteiger partial charge < -0.3 is 24.5 Å². The van der Waals surface area contributed by atoms with Gasteiger partial charge in [0.25, 0.3) is 5.56 Å². The molecule has 1 aliphatic heterocycles. The highest BCUT2D eigenvalue weighted by Crippen LogP contribution is 2.22. The van der Waals surface area contributed by atoms with E-state index in [-0.39, 0.29) is 36.0 Å². The van der Waals surface area contributed by atoms with Gasteiger partial charge in [-0.25, -0.2) is 9.59 Å². The summed E-state index contributed by atoms with van der Waals surface area (Å²) in [4.78, 5) is 67.2. The van der Waals surface area contributed by atoms with E-state index in [1.54, 1.807) is 24.3 Å². The van der Waals surface area contributed by atoms with Crippen molar-refractivity contribution in [3.8, 4) is 6.01 Å². The molecule has 3 heterocycles. The smallest absolute Gasteiger partial charge is 0.407 e. The zero-order chi connectivity index (χ0) is 35.8. The molecule has 50 heavy (non-hydrogen) atoms. The molecule has 0 saturated carbocycles. The van der Waals surface area contributed by atoms with E-state index < -0.39 is 26.3 Å². The normalized spacial score (nSPS) is 15.6. The van der Waals surface area contributed by atoms with Gasteiger partial charge in [0.1, 0.15) is 23.1 Å². The van der Waals surface area contributed by atoms with E-state index in [1.165, 1.54) is 9.75 Å². The summed E-state index contributed by atoms with van der Waals surface area (Å²) in [5.74, 6) is -0.891. The first kappa shape index (κ1) is 36.2. The third-order valence-electron chi connectivity index (χ3n) is 8.37. The molecule has 15 heteroatoms. The molecule has 2 N–H and O–H groups in total. The minimum absolute atomic E-state index is 0.0114. The van der Waals surface area contributed by atoms with E-state index in [0.717, 1.165) is 11.6 Å². The number of H-pyrrole nitrogens is 1. The van der Waals surface area contributed by atoms with Crippen LogP contribution in [0.1, 0.15) is 45.1 Å². The second-order valence-corrected chi connectivity index (χ2v) is 19.5. The standard InChI is InChI=1S/C35H45N7O7Si/c1-23(2)30(32(44)41-18-11-15-29(41)33(45)47-20-21-50(3,4)5)37-35(46)48-19-10-6-7-12-24-16-17-26-25(22-24)31(43)38-34(36-26)49-42-28-14-9-8-13-27(28)39-40-42/h7-9,12-14,16-17,22-23,29-30H,6,10-11,15,18-21H2,1-5H3,(H,37,46)(H,36,38,43)/b12-7+/t29-,30?/m0/s1. The van der Waals surface area contributed by atoms with Crippen LogP contribution in [0, 0.1) is 5.92 Å². The number of hydrogen-bond acceptors (Lipinski definition) is 10. The number of amides is 2. The fourth-order valence-electron chi connectivity index (χ4n) is 5.55. The maximum atomic E-state index is 13.5. The highest BCUT2D eigenvalue weighted by Gasteiger charge is 2.39. The van der Waals surface area contributed by atoms with E-state index in [9.17, 15) is 19.2 Å². The number of rotatable bonds is 14. The molecular formula is C35H45N7O7Si. The summed E-state index contributed by atoms with van der Waals surface area (Å²) >= 11 is 0. The molecule has 1 saturated heterocycles. The van der Waals surface area contributed by atoms with E-state index in [4.69, 9.17) is 14.3 Å². The Labute approximate surface area is 291 Å². The fraction of sp³-hybridized carbons (Fsp3) is 0.457. The number of allylic oxidation sites excluding steroid dienone is 1. The predicted molar refractivity (Wildman–Crippen MR) is 191 cm³/mol. The summed E-state index contributed by atoms with van der Waals surface area (Å²) in [5.41, 5.74) is 2.18. The van der Waals surface area contributed by atoms with Crippen molar-refractivity contribution >= 4 is 54.1 Å². The van der Waals surface area contributed by atoms with Gasteiger partial charge >= 0.3 is 18.1 Å². The minimum Gasteiger partial charge on any atom is -0.464 e. The molecule has 2 aromatic heterocycles. The van der Waals surface area contributed by atoms with Crippen molar-refractivity contribution in [2.75, 3.05) is 19.8 Å². The minimum atomic E-state index is -1.36. The number of nitrogens with one attached hydrogen (secondary N) is 2. The molecule has 1 aliphatic rings. The van der Waals surface area contributed by atoms with Crippen molar-refractivity contribution in [2.24, 2.45) is 5.92 Å². The Kier molecular flexibility index (Phi) is 11.7. The molecule has 266 valence electrons. The summed E-state index contributed by atoms with van der Waals surface area (Å²) in [5, 5.41) is 11.1. The zero-order valence-electron chi connectivity index (χ0n) is 29.2. The number of fused-ring (bicyclic) bond motifs is 2. The topological polar surface area (TPSA) is 171 Å². The summed E-state index contributed by atoms with van der Waals surface area (Å²) in [6, 6.07) is 12.0. The molecule has 2 aromatic carbocycles. The third kappa shape index (κ3) is 9.34. The maximum absolute atomic E-state index is 13.5. The Balaban J connectivity index is 1.08. The first-order valence-corrected chi connectivity index (χ1v) is 20.7. The molecule has 0 radical (unpaired) electrons. The number of aromatic amines is 1. The highest BCUT2D eigenvalue weighted by atomic mass is 28.3. The summed E-state index contributed by atoms with van der Waals surface area (Å²) < 4.78 is 10.9. The average molecular weight is 704 g/mol. The lowest BCUT2D eigenvalue weighted by atomic mass is 10.0. The Morgan fingerprint density at radius 3 is 2.66 bits per heavy atom. The number of benzene rings is 2. The van der Waals surface area contributed by atoms with Gasteiger partial charge in [-0.05, 0) is 72.7 Å². The lowest BCUT2D eigenvalue weighted by Crippen LogP contribution is -2.54. The molecule has 0 bridgehead atoms. The number of para-hydroxylation sites is 1. The zero-order valence-corrected chi connectivity index (χ0v) is 30.2. The van der Waals surface area contributed by atoms with Crippen LogP contribution in [0.4, 0.5) is 4.79 Å². The average Bonchev–Trinajstić information content (AvgIpc) is 3.72. The number of aromatic nitrogens is 5. The largest absolute Gasteiger partial charge is 0.464 e. The number of alkyl carbamates (subject to hydrolysis) is 1. The van der Waals surface area contributed by atoms with Crippen LogP contribution in [0.15, 0.2) is 53.3 Å². The fourth-order valence-corrected chi connectivity index (χ4v) is 6.27. The van der Waals surface area contributed by atoms with Crippen molar-refractivity contribution in [2.45, 2.75) is 77.3 Å². The molecule has 2 atom stereocenters. The number of carbonyl (C=O) groups is 3. The van der Waals surface area contributed by atoms with E-state index >= 15 is 0 Å². The third-order valence-corrected chi connectivity index (χ3v) is 10.1. The van der Waals surface area contributed by atoms with E-state index in [2.05, 4.69) is 45.2 Å². The lowest BCUT2D eigenvalue weighted by molar-refractivity contribution is -0.153.